The van der Waals surface area contributed by atoms with Gasteiger partial charge in [0.25, 0.3) is 5.91 Å². The summed E-state index contributed by atoms with van der Waals surface area (Å²) in [5.41, 5.74) is 8.90. The number of benzene rings is 3. The fourth-order valence-electron chi connectivity index (χ4n) is 8.16. The van der Waals surface area contributed by atoms with Crippen molar-refractivity contribution in [3.63, 3.8) is 0 Å². The van der Waals surface area contributed by atoms with Crippen LogP contribution in [0.2, 0.25) is 0 Å². The average Bonchev–Trinajstić information content (AvgIpc) is 3.44. The first-order valence-electron chi connectivity index (χ1n) is 17.5. The standard InChI is InChI=1S/C39H46N6O3/c1-41-35-9-4-28(21-31(35)23-40)20-26-12-18-44(19-13-26)33-6-2-27(3-7-33)24-43-16-14-29(15-17-43)30-5-8-34-32(22-30)25-45(39(34)48)36-10-11-37(46)42-38(36)47/h2-9,21-23,26,29,36,40-41H,10-20,24-25H2,1H3,(H,42,46,47). The van der Waals surface area contributed by atoms with Crippen LogP contribution < -0.4 is 15.5 Å². The van der Waals surface area contributed by atoms with E-state index in [4.69, 9.17) is 5.41 Å². The number of hydrogen-bond acceptors (Lipinski definition) is 7. The highest BCUT2D eigenvalue weighted by Crippen LogP contribution is 2.34. The van der Waals surface area contributed by atoms with Gasteiger partial charge < -0.3 is 20.5 Å². The Hall–Kier alpha value is -4.50. The number of carbonyl (C=O) groups excluding carboxylic acids is 3. The highest BCUT2D eigenvalue weighted by atomic mass is 16.2. The van der Waals surface area contributed by atoms with Gasteiger partial charge in [0.15, 0.2) is 0 Å². The molecule has 0 radical (unpaired) electrons. The number of anilines is 2. The largest absolute Gasteiger partial charge is 0.388 e. The van der Waals surface area contributed by atoms with Gasteiger partial charge >= 0.3 is 0 Å². The summed E-state index contributed by atoms with van der Waals surface area (Å²) in [6.07, 6.45) is 7.70. The second-order valence-electron chi connectivity index (χ2n) is 14.0. The van der Waals surface area contributed by atoms with Crippen LogP contribution in [-0.2, 0) is 29.1 Å². The first-order chi connectivity index (χ1) is 23.4. The minimum atomic E-state index is -0.573. The van der Waals surface area contributed by atoms with Crippen LogP contribution in [-0.4, -0.2) is 73.0 Å². The van der Waals surface area contributed by atoms with Crippen LogP contribution in [0, 0.1) is 11.3 Å². The Balaban J connectivity index is 0.874. The van der Waals surface area contributed by atoms with Crippen molar-refractivity contribution in [3.8, 4) is 0 Å². The molecule has 3 fully saturated rings. The third-order valence-corrected chi connectivity index (χ3v) is 11.0. The van der Waals surface area contributed by atoms with E-state index in [0.29, 0.717) is 30.4 Å². The van der Waals surface area contributed by atoms with Crippen molar-refractivity contribution in [2.45, 2.75) is 70.0 Å². The Morgan fingerprint density at radius 2 is 1.62 bits per heavy atom. The summed E-state index contributed by atoms with van der Waals surface area (Å²) < 4.78 is 0. The predicted molar refractivity (Wildman–Crippen MR) is 189 cm³/mol. The Morgan fingerprint density at radius 1 is 0.875 bits per heavy atom. The molecule has 9 nitrogen and oxygen atoms in total. The van der Waals surface area contributed by atoms with Crippen molar-refractivity contribution in [2.24, 2.45) is 5.92 Å². The number of carbonyl (C=O) groups is 3. The summed E-state index contributed by atoms with van der Waals surface area (Å²) in [5.74, 6) is 0.400. The average molecular weight is 647 g/mol. The van der Waals surface area contributed by atoms with Crippen LogP contribution in [0.5, 0.6) is 0 Å². The van der Waals surface area contributed by atoms with Gasteiger partial charge in [-0.05, 0) is 116 Å². The van der Waals surface area contributed by atoms with Crippen molar-refractivity contribution in [1.29, 1.82) is 5.41 Å². The Bertz CT molecular complexity index is 1690. The Labute approximate surface area is 283 Å². The maximum Gasteiger partial charge on any atom is 0.255 e. The molecule has 0 aromatic heterocycles. The fraction of sp³-hybridized carbons (Fsp3) is 0.436. The van der Waals surface area contributed by atoms with Gasteiger partial charge in [-0.25, -0.2) is 0 Å². The number of amides is 3. The van der Waals surface area contributed by atoms with Crippen LogP contribution >= 0.6 is 0 Å². The van der Waals surface area contributed by atoms with Gasteiger partial charge in [-0.3, -0.25) is 24.6 Å². The lowest BCUT2D eigenvalue weighted by molar-refractivity contribution is -0.136. The van der Waals surface area contributed by atoms with Crippen molar-refractivity contribution in [2.75, 3.05) is 43.4 Å². The zero-order chi connectivity index (χ0) is 33.2. The summed E-state index contributed by atoms with van der Waals surface area (Å²) in [6.45, 7) is 5.62. The molecule has 1 unspecified atom stereocenters. The van der Waals surface area contributed by atoms with Crippen LogP contribution in [0.3, 0.4) is 0 Å². The van der Waals surface area contributed by atoms with Gasteiger partial charge in [0.05, 0.1) is 0 Å². The molecular formula is C39H46N6O3. The number of piperidine rings is 3. The zero-order valence-corrected chi connectivity index (χ0v) is 27.8. The Morgan fingerprint density at radius 3 is 2.33 bits per heavy atom. The van der Waals surface area contributed by atoms with E-state index in [1.54, 1.807) is 4.90 Å². The first-order valence-corrected chi connectivity index (χ1v) is 17.5. The first kappa shape index (κ1) is 32.1. The molecule has 4 aliphatic rings. The van der Waals surface area contributed by atoms with Gasteiger partial charge in [0.1, 0.15) is 6.04 Å². The minimum Gasteiger partial charge on any atom is -0.388 e. The molecule has 4 aliphatic heterocycles. The molecule has 4 heterocycles. The lowest BCUT2D eigenvalue weighted by Crippen LogP contribution is -2.52. The van der Waals surface area contributed by atoms with Gasteiger partial charge in [-0.1, -0.05) is 30.3 Å². The molecule has 0 spiro atoms. The molecule has 3 saturated heterocycles. The molecule has 1 atom stereocenters. The summed E-state index contributed by atoms with van der Waals surface area (Å²) in [4.78, 5) is 43.8. The molecule has 0 bridgehead atoms. The molecule has 7 rings (SSSR count). The number of hydrogen-bond donors (Lipinski definition) is 3. The topological polar surface area (TPSA) is 109 Å². The quantitative estimate of drug-likeness (QED) is 0.214. The number of fused-ring (bicyclic) bond motifs is 1. The normalized spacial score (nSPS) is 20.9. The monoisotopic (exact) mass is 646 g/mol. The Kier molecular flexibility index (Phi) is 9.30. The second-order valence-corrected chi connectivity index (χ2v) is 14.0. The second kappa shape index (κ2) is 13.9. The van der Waals surface area contributed by atoms with E-state index >= 15 is 0 Å². The van der Waals surface area contributed by atoms with Crippen LogP contribution in [0.15, 0.2) is 60.7 Å². The molecule has 250 valence electrons. The summed E-state index contributed by atoms with van der Waals surface area (Å²) in [5, 5.41) is 13.3. The molecule has 48 heavy (non-hydrogen) atoms. The maximum absolute atomic E-state index is 13.1. The fourth-order valence-corrected chi connectivity index (χ4v) is 8.16. The number of rotatable bonds is 9. The summed E-state index contributed by atoms with van der Waals surface area (Å²) >= 11 is 0. The van der Waals surface area contributed by atoms with Crippen molar-refractivity contribution in [3.05, 3.63) is 94.0 Å². The molecule has 0 saturated carbocycles. The molecule has 3 aromatic rings. The molecule has 3 amide bonds. The van der Waals surface area contributed by atoms with E-state index in [-0.39, 0.29) is 24.1 Å². The number of nitrogens with one attached hydrogen (secondary N) is 3. The third-order valence-electron chi connectivity index (χ3n) is 11.0. The lowest BCUT2D eigenvalue weighted by atomic mass is 9.87. The highest BCUT2D eigenvalue weighted by molar-refractivity contribution is 6.05. The number of likely N-dealkylation sites (tertiary alicyclic amines) is 1. The van der Waals surface area contributed by atoms with Gasteiger partial charge in [-0.15, -0.1) is 0 Å². The van der Waals surface area contributed by atoms with E-state index in [0.717, 1.165) is 68.8 Å². The van der Waals surface area contributed by atoms with Crippen molar-refractivity contribution in [1.82, 2.24) is 15.1 Å². The minimum absolute atomic E-state index is 0.109. The van der Waals surface area contributed by atoms with E-state index in [1.165, 1.54) is 41.4 Å². The number of nitrogens with zero attached hydrogens (tertiary/aromatic N) is 3. The van der Waals surface area contributed by atoms with Crippen LogP contribution in [0.25, 0.3) is 0 Å². The van der Waals surface area contributed by atoms with Crippen molar-refractivity contribution >= 4 is 35.3 Å². The molecular weight excluding hydrogens is 600 g/mol. The zero-order valence-electron chi connectivity index (χ0n) is 27.8. The molecule has 0 aliphatic carbocycles. The maximum atomic E-state index is 13.1. The van der Waals surface area contributed by atoms with Gasteiger partial charge in [-0.2, -0.15) is 0 Å². The van der Waals surface area contributed by atoms with E-state index in [2.05, 4.69) is 75.0 Å². The summed E-state index contributed by atoms with van der Waals surface area (Å²) in [6, 6.07) is 21.3. The van der Waals surface area contributed by atoms with Gasteiger partial charge in [0.2, 0.25) is 11.8 Å². The van der Waals surface area contributed by atoms with E-state index < -0.39 is 6.04 Å². The smallest absolute Gasteiger partial charge is 0.255 e. The number of imide groups is 1. The lowest BCUT2D eigenvalue weighted by Gasteiger charge is -2.34. The van der Waals surface area contributed by atoms with E-state index in [9.17, 15) is 14.4 Å². The summed E-state index contributed by atoms with van der Waals surface area (Å²) in [7, 11) is 1.90. The molecule has 3 N–H and O–H groups in total. The SMILES string of the molecule is CNc1ccc(CC2CCN(c3ccc(CN4CCC(c5ccc6c(c5)CN(C5CCC(=O)NC5=O)C6=O)CC4)cc3)CC2)cc1C=N. The van der Waals surface area contributed by atoms with Gasteiger partial charge in [0, 0.05) is 68.4 Å². The van der Waals surface area contributed by atoms with Crippen molar-refractivity contribution < 1.29 is 14.4 Å². The molecule has 9 heteroatoms. The van der Waals surface area contributed by atoms with Crippen LogP contribution in [0.1, 0.15) is 82.6 Å². The third kappa shape index (κ3) is 6.74. The highest BCUT2D eigenvalue weighted by Gasteiger charge is 2.39. The van der Waals surface area contributed by atoms with Crippen LogP contribution in [0.4, 0.5) is 11.4 Å². The van der Waals surface area contributed by atoms with E-state index in [1.807, 2.05) is 13.1 Å². The predicted octanol–water partition coefficient (Wildman–Crippen LogP) is 5.33. The molecule has 3 aromatic carbocycles.